The van der Waals surface area contributed by atoms with Gasteiger partial charge in [-0.25, -0.2) is 4.79 Å². The average molecular weight is 426 g/mol. The Hall–Kier alpha value is -2.37. The first kappa shape index (κ1) is 23.3. The zero-order valence-electron chi connectivity index (χ0n) is 19.3. The first-order valence-electron chi connectivity index (χ1n) is 11.0. The lowest BCUT2D eigenvalue weighted by Crippen LogP contribution is -2.29. The maximum Gasteiger partial charge on any atom is 0.508 e. The number of hydrogen-bond acceptors (Lipinski definition) is 5. The Morgan fingerprint density at radius 1 is 1.03 bits per heavy atom. The van der Waals surface area contributed by atoms with Crippen LogP contribution in [0.2, 0.25) is 0 Å². The molecule has 0 bridgehead atoms. The van der Waals surface area contributed by atoms with Gasteiger partial charge in [0.1, 0.15) is 12.7 Å². The summed E-state index contributed by atoms with van der Waals surface area (Å²) in [5.74, 6) is 0.174. The topological polar surface area (TPSA) is 56.8 Å². The molecule has 0 radical (unpaired) electrons. The predicted molar refractivity (Wildman–Crippen MR) is 123 cm³/mol. The van der Waals surface area contributed by atoms with E-state index in [9.17, 15) is 4.79 Å². The van der Waals surface area contributed by atoms with Crippen molar-refractivity contribution in [3.05, 3.63) is 70.8 Å². The molecule has 0 aromatic heterocycles. The minimum Gasteiger partial charge on any atom is -0.432 e. The molecule has 31 heavy (non-hydrogen) atoms. The van der Waals surface area contributed by atoms with Crippen LogP contribution in [0.3, 0.4) is 0 Å². The number of hydrogen-bond donors (Lipinski definition) is 1. The fourth-order valence-corrected chi connectivity index (χ4v) is 4.08. The zero-order chi connectivity index (χ0) is 22.4. The number of carbonyl (C=O) groups is 1. The minimum atomic E-state index is -0.633. The molecule has 0 saturated carbocycles. The van der Waals surface area contributed by atoms with Crippen molar-refractivity contribution in [2.75, 3.05) is 26.9 Å². The van der Waals surface area contributed by atoms with Crippen LogP contribution in [-0.2, 0) is 19.6 Å². The SMILES string of the molecule is COCCOC(=O)OC1CNC(C(c2ccc(C)cc2)c2ccc(C(C)(C)C)cc2)C1. The summed E-state index contributed by atoms with van der Waals surface area (Å²) in [7, 11) is 1.57. The first-order chi connectivity index (χ1) is 14.8. The summed E-state index contributed by atoms with van der Waals surface area (Å²) in [6.07, 6.45) is -0.105. The fourth-order valence-electron chi connectivity index (χ4n) is 4.08. The van der Waals surface area contributed by atoms with Crippen LogP contribution in [0, 0.1) is 6.92 Å². The predicted octanol–water partition coefficient (Wildman–Crippen LogP) is 4.95. The molecule has 1 aliphatic rings. The van der Waals surface area contributed by atoms with Crippen molar-refractivity contribution in [3.8, 4) is 0 Å². The molecule has 3 unspecified atom stereocenters. The zero-order valence-corrected chi connectivity index (χ0v) is 19.3. The molecule has 1 saturated heterocycles. The van der Waals surface area contributed by atoms with Crippen LogP contribution in [0.4, 0.5) is 4.79 Å². The lowest BCUT2D eigenvalue weighted by atomic mass is 9.81. The summed E-state index contributed by atoms with van der Waals surface area (Å²) in [6.45, 7) is 9.96. The van der Waals surface area contributed by atoms with E-state index in [0.29, 0.717) is 13.2 Å². The molecule has 1 heterocycles. The van der Waals surface area contributed by atoms with E-state index < -0.39 is 6.16 Å². The van der Waals surface area contributed by atoms with Gasteiger partial charge in [0.25, 0.3) is 0 Å². The lowest BCUT2D eigenvalue weighted by Gasteiger charge is -2.26. The summed E-state index contributed by atoms with van der Waals surface area (Å²) in [4.78, 5) is 11.9. The van der Waals surface area contributed by atoms with Crippen LogP contribution in [-0.4, -0.2) is 45.2 Å². The van der Waals surface area contributed by atoms with Crippen LogP contribution in [0.25, 0.3) is 0 Å². The van der Waals surface area contributed by atoms with Gasteiger partial charge in [-0.2, -0.15) is 0 Å². The molecular formula is C26H35NO4. The van der Waals surface area contributed by atoms with Crippen molar-refractivity contribution in [2.45, 2.75) is 57.6 Å². The van der Waals surface area contributed by atoms with Gasteiger partial charge in [-0.05, 0) is 29.0 Å². The van der Waals surface area contributed by atoms with Gasteiger partial charge in [-0.3, -0.25) is 0 Å². The summed E-state index contributed by atoms with van der Waals surface area (Å²) < 4.78 is 15.5. The van der Waals surface area contributed by atoms with Crippen molar-refractivity contribution in [3.63, 3.8) is 0 Å². The second kappa shape index (κ2) is 10.3. The molecule has 1 fully saturated rings. The Bertz CT molecular complexity index is 839. The van der Waals surface area contributed by atoms with Crippen molar-refractivity contribution in [1.29, 1.82) is 0 Å². The molecular weight excluding hydrogens is 390 g/mol. The van der Waals surface area contributed by atoms with Crippen LogP contribution in [0.1, 0.15) is 55.4 Å². The molecule has 0 amide bonds. The molecule has 0 aliphatic carbocycles. The number of rotatable bonds is 7. The smallest absolute Gasteiger partial charge is 0.432 e. The molecule has 2 aromatic carbocycles. The monoisotopic (exact) mass is 425 g/mol. The average Bonchev–Trinajstić information content (AvgIpc) is 3.17. The molecule has 3 rings (SSSR count). The summed E-state index contributed by atoms with van der Waals surface area (Å²) >= 11 is 0. The number of carbonyl (C=O) groups excluding carboxylic acids is 1. The number of ether oxygens (including phenoxy) is 3. The lowest BCUT2D eigenvalue weighted by molar-refractivity contribution is 0.0155. The number of methoxy groups -OCH3 is 1. The quantitative estimate of drug-likeness (QED) is 0.502. The summed E-state index contributed by atoms with van der Waals surface area (Å²) in [5, 5.41) is 3.58. The van der Waals surface area contributed by atoms with E-state index >= 15 is 0 Å². The van der Waals surface area contributed by atoms with Crippen molar-refractivity contribution in [2.24, 2.45) is 0 Å². The van der Waals surface area contributed by atoms with Crippen molar-refractivity contribution >= 4 is 6.16 Å². The maximum atomic E-state index is 11.9. The Kier molecular flexibility index (Phi) is 7.74. The highest BCUT2D eigenvalue weighted by Gasteiger charge is 2.34. The molecule has 1 N–H and O–H groups in total. The molecule has 2 aromatic rings. The Labute approximate surface area is 186 Å². The van der Waals surface area contributed by atoms with Gasteiger partial charge in [0, 0.05) is 32.0 Å². The van der Waals surface area contributed by atoms with E-state index in [1.165, 1.54) is 22.3 Å². The van der Waals surface area contributed by atoms with E-state index in [2.05, 4.69) is 81.5 Å². The third kappa shape index (κ3) is 6.31. The minimum absolute atomic E-state index is 0.117. The van der Waals surface area contributed by atoms with E-state index in [0.717, 1.165) is 6.42 Å². The second-order valence-electron chi connectivity index (χ2n) is 9.34. The highest BCUT2D eigenvalue weighted by Crippen LogP contribution is 2.34. The standard InChI is InChI=1S/C26H35NO4/c1-18-6-8-19(9-7-18)24(20-10-12-21(13-11-20)26(2,3)4)23-16-22(17-27-23)31-25(28)30-15-14-29-5/h6-13,22-24,27H,14-17H2,1-5H3. The Morgan fingerprint density at radius 3 is 2.23 bits per heavy atom. The second-order valence-corrected chi connectivity index (χ2v) is 9.34. The van der Waals surface area contributed by atoms with Crippen molar-refractivity contribution in [1.82, 2.24) is 5.32 Å². The van der Waals surface area contributed by atoms with Gasteiger partial charge in [0.2, 0.25) is 0 Å². The van der Waals surface area contributed by atoms with E-state index in [1.54, 1.807) is 7.11 Å². The van der Waals surface area contributed by atoms with E-state index in [4.69, 9.17) is 14.2 Å². The van der Waals surface area contributed by atoms with Gasteiger partial charge >= 0.3 is 6.16 Å². The third-order valence-electron chi connectivity index (χ3n) is 5.87. The Morgan fingerprint density at radius 2 is 1.65 bits per heavy atom. The van der Waals surface area contributed by atoms with Crippen LogP contribution < -0.4 is 5.32 Å². The van der Waals surface area contributed by atoms with Crippen molar-refractivity contribution < 1.29 is 19.0 Å². The molecule has 0 spiro atoms. The number of nitrogens with one attached hydrogen (secondary N) is 1. The largest absolute Gasteiger partial charge is 0.508 e. The molecule has 1 aliphatic heterocycles. The van der Waals surface area contributed by atoms with Crippen LogP contribution in [0.15, 0.2) is 48.5 Å². The highest BCUT2D eigenvalue weighted by atomic mass is 16.7. The molecule has 5 heteroatoms. The van der Waals surface area contributed by atoms with E-state index in [1.807, 2.05) is 0 Å². The van der Waals surface area contributed by atoms with E-state index in [-0.39, 0.29) is 30.1 Å². The Balaban J connectivity index is 1.76. The fraction of sp³-hybridized carbons (Fsp3) is 0.500. The molecule has 168 valence electrons. The molecule has 5 nitrogen and oxygen atoms in total. The van der Waals surface area contributed by atoms with Crippen LogP contribution in [0.5, 0.6) is 0 Å². The van der Waals surface area contributed by atoms with Gasteiger partial charge in [-0.15, -0.1) is 0 Å². The first-order valence-corrected chi connectivity index (χ1v) is 11.0. The number of aryl methyl sites for hydroxylation is 1. The van der Waals surface area contributed by atoms with Gasteiger partial charge in [-0.1, -0.05) is 74.9 Å². The third-order valence-corrected chi connectivity index (χ3v) is 5.87. The molecule has 3 atom stereocenters. The normalized spacial score (nSPS) is 19.8. The number of benzene rings is 2. The van der Waals surface area contributed by atoms with Gasteiger partial charge < -0.3 is 19.5 Å². The highest BCUT2D eigenvalue weighted by molar-refractivity contribution is 5.60. The van der Waals surface area contributed by atoms with Crippen LogP contribution >= 0.6 is 0 Å². The summed E-state index contributed by atoms with van der Waals surface area (Å²) in [6, 6.07) is 17.8. The van der Waals surface area contributed by atoms with Gasteiger partial charge in [0.05, 0.1) is 6.61 Å². The summed E-state index contributed by atoms with van der Waals surface area (Å²) in [5.41, 5.74) is 5.20. The maximum absolute atomic E-state index is 11.9. The van der Waals surface area contributed by atoms with Gasteiger partial charge in [0.15, 0.2) is 0 Å².